The van der Waals surface area contributed by atoms with E-state index >= 15 is 0 Å². The number of aldehydes is 1. The topological polar surface area (TPSA) is 164 Å². The number of aromatic nitrogens is 1. The summed E-state index contributed by atoms with van der Waals surface area (Å²) >= 11 is 0. The summed E-state index contributed by atoms with van der Waals surface area (Å²) in [4.78, 5) is 77.2. The Kier molecular flexibility index (Phi) is 15.1. The zero-order valence-corrected chi connectivity index (χ0v) is 41.1. The lowest BCUT2D eigenvalue weighted by Crippen LogP contribution is -2.66. The number of rotatable bonds is 12. The van der Waals surface area contributed by atoms with E-state index in [0.29, 0.717) is 51.9 Å². The van der Waals surface area contributed by atoms with Gasteiger partial charge in [0.05, 0.1) is 37.3 Å². The number of hydrazine groups is 1. The highest BCUT2D eigenvalue weighted by molar-refractivity contribution is 5.97. The van der Waals surface area contributed by atoms with Gasteiger partial charge in [0, 0.05) is 62.3 Å². The number of hydrogen-bond donors (Lipinski definition) is 2. The van der Waals surface area contributed by atoms with Crippen molar-refractivity contribution < 1.29 is 38.2 Å². The van der Waals surface area contributed by atoms with Crippen molar-refractivity contribution >= 4 is 52.6 Å². The predicted molar refractivity (Wildman–Crippen MR) is 263 cm³/mol. The Morgan fingerprint density at radius 1 is 1.04 bits per heavy atom. The van der Waals surface area contributed by atoms with Crippen molar-refractivity contribution in [2.75, 3.05) is 46.7 Å². The quantitative estimate of drug-likeness (QED) is 0.0955. The zero-order valence-electron chi connectivity index (χ0n) is 41.1. The molecule has 68 heavy (non-hydrogen) atoms. The Balaban J connectivity index is 1.32. The first-order valence-electron chi connectivity index (χ1n) is 23.9. The van der Waals surface area contributed by atoms with Gasteiger partial charge in [-0.1, -0.05) is 77.3 Å². The first-order valence-corrected chi connectivity index (χ1v) is 23.9. The summed E-state index contributed by atoms with van der Waals surface area (Å²) in [5.74, 6) is -1.97. The molecule has 3 aromatic rings. The third-order valence-electron chi connectivity index (χ3n) is 14.0. The molecule has 1 aromatic heterocycles. The Morgan fingerprint density at radius 2 is 1.81 bits per heavy atom. The molecule has 6 bridgehead atoms. The number of methoxy groups -OCH3 is 1. The molecule has 15 nitrogen and oxygen atoms in total. The van der Waals surface area contributed by atoms with Crippen molar-refractivity contribution in [3.05, 3.63) is 90.3 Å². The number of nitrogens with zero attached hydrogens (tertiary/aromatic N) is 5. The summed E-state index contributed by atoms with van der Waals surface area (Å²) in [5.41, 5.74) is 7.84. The smallest absolute Gasteiger partial charge is 0.259 e. The van der Waals surface area contributed by atoms with Gasteiger partial charge in [-0.3, -0.25) is 29.2 Å². The number of benzene rings is 2. The first-order chi connectivity index (χ1) is 32.5. The van der Waals surface area contributed by atoms with Gasteiger partial charge < -0.3 is 38.7 Å². The van der Waals surface area contributed by atoms with Gasteiger partial charge in [-0.2, -0.15) is 0 Å². The summed E-state index contributed by atoms with van der Waals surface area (Å²) in [7, 11) is 1.68. The first kappa shape index (κ1) is 50.1. The fourth-order valence-electron chi connectivity index (χ4n) is 10.5. The van der Waals surface area contributed by atoms with Gasteiger partial charge >= 0.3 is 0 Å². The molecule has 2 N–H and O–H groups in total. The summed E-state index contributed by atoms with van der Waals surface area (Å²) in [5, 5.41) is 5.58. The second-order valence-corrected chi connectivity index (χ2v) is 19.8. The number of ether oxygens (including phenoxy) is 3. The number of amides is 4. The number of aryl methyl sites for hydroxylation is 1. The molecule has 3 fully saturated rings. The summed E-state index contributed by atoms with van der Waals surface area (Å²) in [6.07, 6.45) is 7.35. The van der Waals surface area contributed by atoms with Crippen LogP contribution in [0.5, 0.6) is 0 Å². The van der Waals surface area contributed by atoms with E-state index < -0.39 is 40.5 Å². The molecule has 5 heterocycles. The largest absolute Gasteiger partial charge is 0.378 e. The van der Waals surface area contributed by atoms with Crippen LogP contribution in [0.4, 0.5) is 0 Å². The number of nitrogens with one attached hydrogen (secondary N) is 2. The number of fused-ring (bicyclic) bond motifs is 6. The van der Waals surface area contributed by atoms with Crippen LogP contribution in [-0.4, -0.2) is 132 Å². The summed E-state index contributed by atoms with van der Waals surface area (Å²) in [6, 6.07) is 12.4. The monoisotopic (exact) mass is 932 g/mol. The van der Waals surface area contributed by atoms with Gasteiger partial charge in [0.25, 0.3) is 11.8 Å². The van der Waals surface area contributed by atoms with E-state index in [1.807, 2.05) is 58.0 Å². The summed E-state index contributed by atoms with van der Waals surface area (Å²) < 4.78 is 20.8. The number of carbonyl (C=O) groups is 5. The van der Waals surface area contributed by atoms with Crippen molar-refractivity contribution in [1.82, 2.24) is 30.1 Å². The molecule has 0 aliphatic carbocycles. The minimum Gasteiger partial charge on any atom is -0.378 e. The lowest BCUT2D eigenvalue weighted by Gasteiger charge is -2.42. The van der Waals surface area contributed by atoms with Crippen LogP contribution in [-0.2, 0) is 57.6 Å². The van der Waals surface area contributed by atoms with Crippen molar-refractivity contribution in [3.8, 4) is 11.1 Å². The molecule has 1 spiro atoms. The number of aliphatic imine (C=N–C) groups is 1. The lowest BCUT2D eigenvalue weighted by molar-refractivity contribution is -0.148. The molecule has 0 saturated carbocycles. The zero-order chi connectivity index (χ0) is 49.1. The van der Waals surface area contributed by atoms with Crippen molar-refractivity contribution in [3.63, 3.8) is 0 Å². The number of likely N-dealkylation sites (tertiary alicyclic amines) is 1. The van der Waals surface area contributed by atoms with E-state index in [4.69, 9.17) is 19.2 Å². The van der Waals surface area contributed by atoms with Gasteiger partial charge in [-0.25, -0.2) is 5.43 Å². The summed E-state index contributed by atoms with van der Waals surface area (Å²) in [6.45, 7) is 23.4. The molecule has 3 saturated heterocycles. The van der Waals surface area contributed by atoms with Gasteiger partial charge in [0.1, 0.15) is 30.6 Å². The van der Waals surface area contributed by atoms with Gasteiger partial charge in [0.15, 0.2) is 5.60 Å². The van der Waals surface area contributed by atoms with Crippen LogP contribution >= 0.6 is 0 Å². The average Bonchev–Trinajstić information content (AvgIpc) is 4.00. The highest BCUT2D eigenvalue weighted by Crippen LogP contribution is 2.41. The molecule has 4 aliphatic rings. The Morgan fingerprint density at radius 3 is 2.49 bits per heavy atom. The highest BCUT2D eigenvalue weighted by Gasteiger charge is 2.56. The Bertz CT molecular complexity index is 2520. The normalized spacial score (nSPS) is 24.6. The van der Waals surface area contributed by atoms with Gasteiger partial charge in [0.2, 0.25) is 11.8 Å². The van der Waals surface area contributed by atoms with E-state index in [9.17, 15) is 24.0 Å². The van der Waals surface area contributed by atoms with E-state index in [0.717, 1.165) is 56.4 Å². The molecule has 364 valence electrons. The second kappa shape index (κ2) is 20.5. The van der Waals surface area contributed by atoms with E-state index in [1.165, 1.54) is 20.9 Å². The van der Waals surface area contributed by atoms with Crippen molar-refractivity contribution in [1.29, 1.82) is 0 Å². The van der Waals surface area contributed by atoms with Crippen molar-refractivity contribution in [2.45, 2.75) is 116 Å². The fourth-order valence-corrected chi connectivity index (χ4v) is 10.5. The molecule has 4 amide bonds. The Labute approximate surface area is 400 Å². The molecule has 0 radical (unpaired) electrons. The molecule has 0 unspecified atom stereocenters. The van der Waals surface area contributed by atoms with Crippen LogP contribution < -0.4 is 10.7 Å². The molecular formula is C53H69N7O8. The maximum absolute atomic E-state index is 14.9. The third kappa shape index (κ3) is 9.76. The maximum atomic E-state index is 14.9. The lowest BCUT2D eigenvalue weighted by atomic mass is 9.83. The fraction of sp³-hybridized carbons (Fsp3) is 0.509. The molecule has 15 heteroatoms. The molecule has 4 aliphatic heterocycles. The van der Waals surface area contributed by atoms with Crippen molar-refractivity contribution in [2.24, 2.45) is 16.3 Å². The minimum absolute atomic E-state index is 0.0130. The van der Waals surface area contributed by atoms with Crippen LogP contribution in [0.25, 0.3) is 27.6 Å². The van der Waals surface area contributed by atoms with E-state index in [2.05, 4.69) is 67.4 Å². The van der Waals surface area contributed by atoms with Crippen LogP contribution in [0.2, 0.25) is 0 Å². The third-order valence-corrected chi connectivity index (χ3v) is 14.0. The predicted octanol–water partition coefficient (Wildman–Crippen LogP) is 6.04. The number of allylic oxidation sites excluding steroid dienone is 2. The standard InChI is InChI=1S/C53H69N7O8/c1-11-39(45(54-13-3)35(7)66-10)47-41-28-51(8,9)31-67-32-52(30-61)21-16-23-60(56-52)49(64)42(26-36-17-15-18-37(25-36)38-19-20-43(40(41)27-38)58(47)14-4)55-48(63)46(34(5)6)59-33-68-53(50(59)65)22-24-57(29-53)44(62)12-2/h11-13,15,17-20,25,27,30,34-35,42,46,56H,1-2,14,16,21-24,26,28-29,31-33H2,3-10H3,(H,55,63)/b45-39+,54-13-/t35-,42-,46-,52-,53+/m0/s1. The van der Waals surface area contributed by atoms with E-state index in [1.54, 1.807) is 13.3 Å². The van der Waals surface area contributed by atoms with E-state index in [-0.39, 0.29) is 50.1 Å². The average molecular weight is 932 g/mol. The Hall–Kier alpha value is -5.74. The van der Waals surface area contributed by atoms with Gasteiger partial charge in [-0.05, 0) is 91.8 Å². The highest BCUT2D eigenvalue weighted by atomic mass is 16.5. The molecule has 7 rings (SSSR count). The number of hydrogen-bond acceptors (Lipinski definition) is 10. The number of carbonyl (C=O) groups excluding carboxylic acids is 5. The SMILES string of the molecule is C=CC(=O)N1CC[C@]2(C1)OCN([C@H](C(=O)N[C@H]1Cc3cccc(c3)-c3ccc4c(c3)c(c(/C(C=C)=C(/N=C\C)[C@H](C)OC)n4CC)CC(C)(C)COC[C@@]3(C=O)CCCN(N3)C1=O)C(C)C)C2=O. The van der Waals surface area contributed by atoms with Crippen LogP contribution in [0.3, 0.4) is 0 Å². The molecular weight excluding hydrogens is 863 g/mol. The van der Waals surface area contributed by atoms with Crippen LogP contribution in [0.1, 0.15) is 84.5 Å². The molecule has 5 atom stereocenters. The maximum Gasteiger partial charge on any atom is 0.259 e. The minimum atomic E-state index is -1.26. The van der Waals surface area contributed by atoms with Crippen LogP contribution in [0.15, 0.2) is 78.5 Å². The van der Waals surface area contributed by atoms with Crippen LogP contribution in [0, 0.1) is 11.3 Å². The molecule has 2 aromatic carbocycles. The second-order valence-electron chi connectivity index (χ2n) is 19.8. The van der Waals surface area contributed by atoms with Gasteiger partial charge in [-0.15, -0.1) is 0 Å².